The maximum atomic E-state index is 11.8. The maximum absolute atomic E-state index is 11.8. The first-order valence-corrected chi connectivity index (χ1v) is 7.38. The summed E-state index contributed by atoms with van der Waals surface area (Å²) in [6.07, 6.45) is 3.59. The molecule has 0 unspecified atom stereocenters. The average molecular weight is 327 g/mol. The molecule has 1 fully saturated rings. The number of likely N-dealkylation sites (tertiary alicyclic amines) is 1. The third kappa shape index (κ3) is 4.04. The fourth-order valence-corrected chi connectivity index (χ4v) is 2.56. The van der Waals surface area contributed by atoms with Gasteiger partial charge >= 0.3 is 0 Å². The van der Waals surface area contributed by atoms with Crippen LogP contribution in [0.2, 0.25) is 5.02 Å². The minimum Gasteiger partial charge on any atom is -0.493 e. The van der Waals surface area contributed by atoms with E-state index >= 15 is 0 Å². The molecule has 1 amide bonds. The summed E-state index contributed by atoms with van der Waals surface area (Å²) in [6.45, 7) is 1.55. The molecule has 6 nitrogen and oxygen atoms in total. The molecule has 0 bridgehead atoms. The van der Waals surface area contributed by atoms with Crippen LogP contribution in [0, 0.1) is 0 Å². The summed E-state index contributed by atoms with van der Waals surface area (Å²) >= 11 is 6.09. The normalized spacial score (nSPS) is 14.4. The van der Waals surface area contributed by atoms with Crippen LogP contribution in [0.25, 0.3) is 0 Å². The van der Waals surface area contributed by atoms with Gasteiger partial charge in [-0.15, -0.1) is 0 Å². The molecular weight excluding hydrogens is 308 g/mol. The molecule has 22 heavy (non-hydrogen) atoms. The number of methoxy groups -OCH3 is 2. The Balaban J connectivity index is 1.92. The molecule has 1 saturated heterocycles. The molecule has 0 saturated carbocycles. The number of oxime groups is 1. The molecule has 120 valence electrons. The van der Waals surface area contributed by atoms with E-state index in [0.29, 0.717) is 22.1 Å². The fourth-order valence-electron chi connectivity index (χ4n) is 2.26. The van der Waals surface area contributed by atoms with Gasteiger partial charge in [0, 0.05) is 18.7 Å². The standard InChI is InChI=1S/C15H19ClN2O4/c1-20-13-8-11(7-12(16)15(13)21-2)9-17-22-10-14(19)18-5-3-4-6-18/h7-9H,3-6,10H2,1-2H3/b17-9-. The molecular formula is C15H19ClN2O4. The van der Waals surface area contributed by atoms with Gasteiger partial charge in [0.05, 0.1) is 25.5 Å². The van der Waals surface area contributed by atoms with Crippen molar-refractivity contribution in [3.63, 3.8) is 0 Å². The van der Waals surface area contributed by atoms with Crippen LogP contribution in [0.5, 0.6) is 11.5 Å². The zero-order valence-corrected chi connectivity index (χ0v) is 13.4. The minimum absolute atomic E-state index is 0.0417. The Bertz CT molecular complexity index is 557. The molecule has 1 aliphatic heterocycles. The van der Waals surface area contributed by atoms with Crippen LogP contribution in [0.1, 0.15) is 18.4 Å². The second-order valence-electron chi connectivity index (χ2n) is 4.83. The van der Waals surface area contributed by atoms with E-state index in [9.17, 15) is 4.79 Å². The van der Waals surface area contributed by atoms with E-state index in [2.05, 4.69) is 5.16 Å². The number of amides is 1. The van der Waals surface area contributed by atoms with Crippen LogP contribution in [0.15, 0.2) is 17.3 Å². The van der Waals surface area contributed by atoms with Gasteiger partial charge in [-0.2, -0.15) is 0 Å². The van der Waals surface area contributed by atoms with Gasteiger partial charge in [-0.05, 0) is 25.0 Å². The van der Waals surface area contributed by atoms with Crippen LogP contribution < -0.4 is 9.47 Å². The van der Waals surface area contributed by atoms with Crippen molar-refractivity contribution in [1.29, 1.82) is 0 Å². The molecule has 0 radical (unpaired) electrons. The highest BCUT2D eigenvalue weighted by Gasteiger charge is 2.17. The number of hydrogen-bond acceptors (Lipinski definition) is 5. The van der Waals surface area contributed by atoms with Gasteiger partial charge in [-0.3, -0.25) is 4.79 Å². The lowest BCUT2D eigenvalue weighted by molar-refractivity contribution is -0.134. The lowest BCUT2D eigenvalue weighted by atomic mass is 10.2. The second kappa shape index (κ2) is 7.89. The van der Waals surface area contributed by atoms with Crippen LogP contribution >= 0.6 is 11.6 Å². The Kier molecular flexibility index (Phi) is 5.89. The summed E-state index contributed by atoms with van der Waals surface area (Å²) < 4.78 is 10.4. The molecule has 0 spiro atoms. The maximum Gasteiger partial charge on any atom is 0.263 e. The summed E-state index contributed by atoms with van der Waals surface area (Å²) in [4.78, 5) is 18.6. The SMILES string of the molecule is COc1cc(/C=N\OCC(=O)N2CCCC2)cc(Cl)c1OC. The largest absolute Gasteiger partial charge is 0.493 e. The molecule has 2 rings (SSSR count). The molecule has 7 heteroatoms. The highest BCUT2D eigenvalue weighted by atomic mass is 35.5. The molecule has 0 N–H and O–H groups in total. The number of benzene rings is 1. The number of hydrogen-bond donors (Lipinski definition) is 0. The van der Waals surface area contributed by atoms with Crippen molar-refractivity contribution in [3.05, 3.63) is 22.7 Å². The van der Waals surface area contributed by atoms with Crippen molar-refractivity contribution in [1.82, 2.24) is 4.90 Å². The first-order valence-electron chi connectivity index (χ1n) is 7.00. The summed E-state index contributed by atoms with van der Waals surface area (Å²) in [5.41, 5.74) is 0.691. The number of ether oxygens (including phenoxy) is 2. The van der Waals surface area contributed by atoms with E-state index in [1.165, 1.54) is 20.4 Å². The molecule has 0 atom stereocenters. The van der Waals surface area contributed by atoms with Gasteiger partial charge in [0.2, 0.25) is 0 Å². The van der Waals surface area contributed by atoms with Crippen LogP contribution in [-0.4, -0.2) is 50.9 Å². The summed E-state index contributed by atoms with van der Waals surface area (Å²) in [6, 6.07) is 3.40. The number of carbonyl (C=O) groups excluding carboxylic acids is 1. The van der Waals surface area contributed by atoms with Crippen molar-refractivity contribution >= 4 is 23.7 Å². The predicted octanol–water partition coefficient (Wildman–Crippen LogP) is 2.33. The molecule has 1 aromatic rings. The lowest BCUT2D eigenvalue weighted by Crippen LogP contribution is -2.30. The van der Waals surface area contributed by atoms with Crippen LogP contribution in [-0.2, 0) is 9.63 Å². The van der Waals surface area contributed by atoms with Gasteiger partial charge in [0.15, 0.2) is 18.1 Å². The Morgan fingerprint density at radius 1 is 1.32 bits per heavy atom. The van der Waals surface area contributed by atoms with Gasteiger partial charge < -0.3 is 19.2 Å². The lowest BCUT2D eigenvalue weighted by Gasteiger charge is -2.13. The van der Waals surface area contributed by atoms with Crippen LogP contribution in [0.3, 0.4) is 0 Å². The zero-order chi connectivity index (χ0) is 15.9. The fraction of sp³-hybridized carbons (Fsp3) is 0.467. The van der Waals surface area contributed by atoms with E-state index in [4.69, 9.17) is 25.9 Å². The number of carbonyl (C=O) groups is 1. The molecule has 1 aliphatic rings. The van der Waals surface area contributed by atoms with Gasteiger partial charge in [-0.25, -0.2) is 0 Å². The zero-order valence-electron chi connectivity index (χ0n) is 12.7. The topological polar surface area (TPSA) is 60.4 Å². The van der Waals surface area contributed by atoms with E-state index in [1.54, 1.807) is 17.0 Å². The Hall–Kier alpha value is -1.95. The van der Waals surface area contributed by atoms with Crippen molar-refractivity contribution in [3.8, 4) is 11.5 Å². The molecule has 0 aromatic heterocycles. The van der Waals surface area contributed by atoms with Crippen molar-refractivity contribution < 1.29 is 19.1 Å². The van der Waals surface area contributed by atoms with Crippen LogP contribution in [0.4, 0.5) is 0 Å². The average Bonchev–Trinajstić information content (AvgIpc) is 3.05. The first kappa shape index (κ1) is 16.4. The third-order valence-electron chi connectivity index (χ3n) is 3.38. The Morgan fingerprint density at radius 3 is 2.68 bits per heavy atom. The molecule has 1 heterocycles. The molecule has 0 aliphatic carbocycles. The quantitative estimate of drug-likeness (QED) is 0.594. The number of rotatable bonds is 6. The molecule has 1 aromatic carbocycles. The van der Waals surface area contributed by atoms with E-state index in [1.807, 2.05) is 0 Å². The van der Waals surface area contributed by atoms with Gasteiger partial charge in [0.1, 0.15) is 0 Å². The minimum atomic E-state index is -0.0580. The van der Waals surface area contributed by atoms with Crippen molar-refractivity contribution in [2.75, 3.05) is 33.9 Å². The van der Waals surface area contributed by atoms with Gasteiger partial charge in [-0.1, -0.05) is 16.8 Å². The highest BCUT2D eigenvalue weighted by molar-refractivity contribution is 6.32. The van der Waals surface area contributed by atoms with Crippen molar-refractivity contribution in [2.45, 2.75) is 12.8 Å². The summed E-state index contributed by atoms with van der Waals surface area (Å²) in [7, 11) is 3.05. The second-order valence-corrected chi connectivity index (χ2v) is 5.24. The van der Waals surface area contributed by atoms with E-state index in [-0.39, 0.29) is 12.5 Å². The van der Waals surface area contributed by atoms with Gasteiger partial charge in [0.25, 0.3) is 5.91 Å². The smallest absolute Gasteiger partial charge is 0.263 e. The Labute approximate surface area is 134 Å². The summed E-state index contributed by atoms with van der Waals surface area (Å²) in [5.74, 6) is 0.927. The highest BCUT2D eigenvalue weighted by Crippen LogP contribution is 2.35. The number of nitrogens with zero attached hydrogens (tertiary/aromatic N) is 2. The third-order valence-corrected chi connectivity index (χ3v) is 3.66. The van der Waals surface area contributed by atoms with E-state index in [0.717, 1.165) is 25.9 Å². The first-order chi connectivity index (χ1) is 10.7. The van der Waals surface area contributed by atoms with Crippen molar-refractivity contribution in [2.24, 2.45) is 5.16 Å². The predicted molar refractivity (Wildman–Crippen MR) is 83.9 cm³/mol. The Morgan fingerprint density at radius 2 is 2.05 bits per heavy atom. The number of halogens is 1. The van der Waals surface area contributed by atoms with E-state index < -0.39 is 0 Å². The summed E-state index contributed by atoms with van der Waals surface area (Å²) in [5, 5.41) is 4.21. The monoisotopic (exact) mass is 326 g/mol.